The minimum Gasteiger partial charge on any atom is -0.444 e. The highest BCUT2D eigenvalue weighted by Gasteiger charge is 2.28. The molecule has 2 rings (SSSR count). The van der Waals surface area contributed by atoms with Gasteiger partial charge < -0.3 is 9.64 Å². The monoisotopic (exact) mass is 318 g/mol. The standard InChI is InChI=1S/C17H22N2O4/c1-17(2,3)23-16(20)18-11-10-14(12-18)5-4-13-6-8-15(9-7-13)19(21)22/h4-9,14H,10-12H2,1-3H3/t14-/m1/s1. The van der Waals surface area contributed by atoms with E-state index in [4.69, 9.17) is 4.74 Å². The number of benzene rings is 1. The van der Waals surface area contributed by atoms with Gasteiger partial charge in [-0.15, -0.1) is 0 Å². The van der Waals surface area contributed by atoms with Crippen molar-refractivity contribution in [3.05, 3.63) is 46.0 Å². The first-order chi connectivity index (χ1) is 10.7. The van der Waals surface area contributed by atoms with E-state index in [0.29, 0.717) is 13.1 Å². The summed E-state index contributed by atoms with van der Waals surface area (Å²) in [6.45, 7) is 6.88. The van der Waals surface area contributed by atoms with Gasteiger partial charge in [0.2, 0.25) is 0 Å². The second-order valence-electron chi connectivity index (χ2n) is 6.68. The summed E-state index contributed by atoms with van der Waals surface area (Å²) in [5.74, 6) is 0.276. The molecule has 1 aliphatic rings. The van der Waals surface area contributed by atoms with Crippen LogP contribution in [0.5, 0.6) is 0 Å². The Kier molecular flexibility index (Phi) is 5.03. The maximum absolute atomic E-state index is 12.0. The maximum Gasteiger partial charge on any atom is 0.410 e. The Morgan fingerprint density at radius 2 is 2.00 bits per heavy atom. The molecule has 1 fully saturated rings. The van der Waals surface area contributed by atoms with Gasteiger partial charge in [-0.25, -0.2) is 4.79 Å². The first-order valence-corrected chi connectivity index (χ1v) is 7.65. The summed E-state index contributed by atoms with van der Waals surface area (Å²) in [6, 6.07) is 6.41. The predicted octanol–water partition coefficient (Wildman–Crippen LogP) is 3.87. The molecule has 1 heterocycles. The van der Waals surface area contributed by atoms with Crippen LogP contribution in [0.2, 0.25) is 0 Å². The average Bonchev–Trinajstić information content (AvgIpc) is 2.93. The van der Waals surface area contributed by atoms with Gasteiger partial charge in [0.25, 0.3) is 5.69 Å². The van der Waals surface area contributed by atoms with Gasteiger partial charge in [0.15, 0.2) is 0 Å². The Hall–Kier alpha value is -2.37. The molecule has 1 aliphatic heterocycles. The van der Waals surface area contributed by atoms with Crippen LogP contribution in [-0.4, -0.2) is 34.6 Å². The maximum atomic E-state index is 12.0. The molecule has 1 saturated heterocycles. The fourth-order valence-corrected chi connectivity index (χ4v) is 2.39. The fourth-order valence-electron chi connectivity index (χ4n) is 2.39. The summed E-state index contributed by atoms with van der Waals surface area (Å²) in [5, 5.41) is 10.6. The first kappa shape index (κ1) is 17.0. The molecule has 1 aromatic carbocycles. The van der Waals surface area contributed by atoms with Crippen LogP contribution in [0.4, 0.5) is 10.5 Å². The number of rotatable bonds is 3. The lowest BCUT2D eigenvalue weighted by Crippen LogP contribution is -2.35. The molecule has 0 N–H and O–H groups in total. The lowest BCUT2D eigenvalue weighted by Gasteiger charge is -2.24. The summed E-state index contributed by atoms with van der Waals surface area (Å²) in [6.07, 6.45) is 4.60. The summed E-state index contributed by atoms with van der Waals surface area (Å²) < 4.78 is 5.37. The topological polar surface area (TPSA) is 72.7 Å². The molecule has 1 amide bonds. The summed E-state index contributed by atoms with van der Waals surface area (Å²) in [4.78, 5) is 23.9. The van der Waals surface area contributed by atoms with Crippen LogP contribution >= 0.6 is 0 Å². The van der Waals surface area contributed by atoms with E-state index in [1.807, 2.05) is 32.9 Å². The van der Waals surface area contributed by atoms with Crippen molar-refractivity contribution in [1.82, 2.24) is 4.90 Å². The van der Waals surface area contributed by atoms with Crippen molar-refractivity contribution in [1.29, 1.82) is 0 Å². The van der Waals surface area contributed by atoms with Crippen LogP contribution < -0.4 is 0 Å². The van der Waals surface area contributed by atoms with Gasteiger partial charge >= 0.3 is 6.09 Å². The normalized spacial score (nSPS) is 18.4. The van der Waals surface area contributed by atoms with E-state index in [0.717, 1.165) is 12.0 Å². The number of nitro groups is 1. The van der Waals surface area contributed by atoms with Crippen molar-refractivity contribution >= 4 is 17.9 Å². The quantitative estimate of drug-likeness (QED) is 0.626. The number of non-ortho nitro benzene ring substituents is 1. The summed E-state index contributed by atoms with van der Waals surface area (Å²) >= 11 is 0. The summed E-state index contributed by atoms with van der Waals surface area (Å²) in [5.41, 5.74) is 0.509. The van der Waals surface area contributed by atoms with Gasteiger partial charge in [-0.2, -0.15) is 0 Å². The highest BCUT2D eigenvalue weighted by molar-refractivity contribution is 5.68. The van der Waals surface area contributed by atoms with Crippen LogP contribution in [-0.2, 0) is 4.74 Å². The molecule has 6 heteroatoms. The third kappa shape index (κ3) is 5.09. The third-order valence-corrected chi connectivity index (χ3v) is 3.54. The second kappa shape index (κ2) is 6.81. The van der Waals surface area contributed by atoms with Crippen LogP contribution in [0, 0.1) is 16.0 Å². The van der Waals surface area contributed by atoms with E-state index in [-0.39, 0.29) is 17.7 Å². The predicted molar refractivity (Wildman–Crippen MR) is 88.0 cm³/mol. The van der Waals surface area contributed by atoms with Gasteiger partial charge in [0.1, 0.15) is 5.60 Å². The third-order valence-electron chi connectivity index (χ3n) is 3.54. The zero-order chi connectivity index (χ0) is 17.0. The van der Waals surface area contributed by atoms with Crippen molar-refractivity contribution in [2.24, 2.45) is 5.92 Å². The van der Waals surface area contributed by atoms with Crippen molar-refractivity contribution < 1.29 is 14.5 Å². The van der Waals surface area contributed by atoms with Gasteiger partial charge in [-0.3, -0.25) is 10.1 Å². The molecule has 124 valence electrons. The molecule has 0 unspecified atom stereocenters. The number of hydrogen-bond acceptors (Lipinski definition) is 4. The zero-order valence-electron chi connectivity index (χ0n) is 13.7. The van der Waals surface area contributed by atoms with Crippen molar-refractivity contribution in [2.45, 2.75) is 32.8 Å². The minimum atomic E-state index is -0.482. The second-order valence-corrected chi connectivity index (χ2v) is 6.68. The molecule has 0 saturated carbocycles. The Bertz CT molecular complexity index is 602. The van der Waals surface area contributed by atoms with Crippen LogP contribution in [0.3, 0.4) is 0 Å². The van der Waals surface area contributed by atoms with Crippen molar-refractivity contribution in [3.8, 4) is 0 Å². The highest BCUT2D eigenvalue weighted by Crippen LogP contribution is 2.22. The minimum absolute atomic E-state index is 0.0825. The van der Waals surface area contributed by atoms with E-state index >= 15 is 0 Å². The molecule has 23 heavy (non-hydrogen) atoms. The first-order valence-electron chi connectivity index (χ1n) is 7.65. The van der Waals surface area contributed by atoms with Gasteiger partial charge in [0.05, 0.1) is 4.92 Å². The number of amides is 1. The molecule has 0 radical (unpaired) electrons. The van der Waals surface area contributed by atoms with Crippen molar-refractivity contribution in [2.75, 3.05) is 13.1 Å². The van der Waals surface area contributed by atoms with Gasteiger partial charge in [-0.1, -0.05) is 12.2 Å². The summed E-state index contributed by atoms with van der Waals surface area (Å²) in [7, 11) is 0. The number of nitrogens with zero attached hydrogens (tertiary/aromatic N) is 2. The lowest BCUT2D eigenvalue weighted by molar-refractivity contribution is -0.384. The van der Waals surface area contributed by atoms with Gasteiger partial charge in [-0.05, 0) is 50.8 Å². The molecule has 0 spiro atoms. The molecule has 6 nitrogen and oxygen atoms in total. The number of carbonyl (C=O) groups excluding carboxylic acids is 1. The Morgan fingerprint density at radius 1 is 1.35 bits per heavy atom. The SMILES string of the molecule is CC(C)(C)OC(=O)N1CC[C@@H](C=Cc2ccc([N+](=O)[O-])cc2)C1. The van der Waals surface area contributed by atoms with Gasteiger partial charge in [0, 0.05) is 25.2 Å². The molecular formula is C17H22N2O4. The largest absolute Gasteiger partial charge is 0.444 e. The molecular weight excluding hydrogens is 296 g/mol. The van der Waals surface area contributed by atoms with E-state index in [2.05, 4.69) is 0 Å². The smallest absolute Gasteiger partial charge is 0.410 e. The average molecular weight is 318 g/mol. The number of likely N-dealkylation sites (tertiary alicyclic amines) is 1. The Balaban J connectivity index is 1.89. The molecule has 1 atom stereocenters. The van der Waals surface area contributed by atoms with E-state index in [1.165, 1.54) is 12.1 Å². The van der Waals surface area contributed by atoms with E-state index in [1.54, 1.807) is 17.0 Å². The van der Waals surface area contributed by atoms with E-state index in [9.17, 15) is 14.9 Å². The highest BCUT2D eigenvalue weighted by atomic mass is 16.6. The number of ether oxygens (including phenoxy) is 1. The molecule has 0 aromatic heterocycles. The number of nitro benzene ring substituents is 1. The number of hydrogen-bond donors (Lipinski definition) is 0. The Morgan fingerprint density at radius 3 is 2.57 bits per heavy atom. The van der Waals surface area contributed by atoms with Crippen LogP contribution in [0.15, 0.2) is 30.3 Å². The van der Waals surface area contributed by atoms with E-state index < -0.39 is 10.5 Å². The molecule has 0 bridgehead atoms. The Labute approximate surface area is 135 Å². The molecule has 1 aromatic rings. The number of carbonyl (C=O) groups is 1. The fraction of sp³-hybridized carbons (Fsp3) is 0.471. The zero-order valence-corrected chi connectivity index (χ0v) is 13.7. The molecule has 0 aliphatic carbocycles. The lowest BCUT2D eigenvalue weighted by atomic mass is 10.1. The van der Waals surface area contributed by atoms with Crippen molar-refractivity contribution in [3.63, 3.8) is 0 Å². The van der Waals surface area contributed by atoms with Crippen LogP contribution in [0.1, 0.15) is 32.8 Å². The van der Waals surface area contributed by atoms with Crippen LogP contribution in [0.25, 0.3) is 6.08 Å².